The van der Waals surface area contributed by atoms with Crippen LogP contribution < -0.4 is 4.90 Å². The molecule has 11 nitrogen and oxygen atoms in total. The Balaban J connectivity index is 2.10. The first-order chi connectivity index (χ1) is 15.2. The minimum absolute atomic E-state index is 0.0814. The summed E-state index contributed by atoms with van der Waals surface area (Å²) < 4.78 is 35.5. The molecular weight excluding hydrogens is 452 g/mol. The summed E-state index contributed by atoms with van der Waals surface area (Å²) in [5.74, 6) is -0.647. The fourth-order valence-corrected chi connectivity index (χ4v) is 4.64. The maximum absolute atomic E-state index is 13.0. The highest BCUT2D eigenvalue weighted by molar-refractivity contribution is 7.90. The molecule has 0 radical (unpaired) electrons. The second-order valence-corrected chi connectivity index (χ2v) is 11.2. The molecule has 2 aliphatic rings. The van der Waals surface area contributed by atoms with Crippen LogP contribution in [-0.4, -0.2) is 92.2 Å². The van der Waals surface area contributed by atoms with Gasteiger partial charge in [0.05, 0.1) is 23.8 Å². The van der Waals surface area contributed by atoms with Crippen LogP contribution in [0.4, 0.5) is 10.5 Å². The van der Waals surface area contributed by atoms with Gasteiger partial charge >= 0.3 is 6.09 Å². The van der Waals surface area contributed by atoms with Crippen LogP contribution in [-0.2, 0) is 24.1 Å². The third kappa shape index (κ3) is 4.82. The van der Waals surface area contributed by atoms with Crippen molar-refractivity contribution in [3.63, 3.8) is 0 Å². The van der Waals surface area contributed by atoms with Crippen LogP contribution in [0.1, 0.15) is 33.3 Å². The minimum Gasteiger partial charge on any atom is -0.442 e. The van der Waals surface area contributed by atoms with Gasteiger partial charge in [0, 0.05) is 32.0 Å². The predicted octanol–water partition coefficient (Wildman–Crippen LogP) is 1.49. The number of amides is 2. The lowest BCUT2D eigenvalue weighted by Crippen LogP contribution is -2.59. The number of nitrogens with zero attached hydrogens (tertiary/aromatic N) is 4. The number of anilines is 1. The quantitative estimate of drug-likeness (QED) is 0.505. The van der Waals surface area contributed by atoms with Crippen LogP contribution in [0.2, 0.25) is 0 Å². The third-order valence-corrected chi connectivity index (χ3v) is 6.54. The van der Waals surface area contributed by atoms with Gasteiger partial charge in [0.25, 0.3) is 5.91 Å². The number of benzene rings is 1. The number of hydrazone groups is 1. The molecule has 1 N–H and O–H groups in total. The number of hydrogen-bond donors (Lipinski definition) is 1. The van der Waals surface area contributed by atoms with Crippen LogP contribution in [0, 0.1) is 0 Å². The average molecular weight is 483 g/mol. The number of hydroxylamine groups is 2. The molecule has 0 aliphatic carbocycles. The van der Waals surface area contributed by atoms with Crippen molar-refractivity contribution in [2.75, 3.05) is 44.5 Å². The molecule has 12 heteroatoms. The highest BCUT2D eigenvalue weighted by atomic mass is 32.2. The van der Waals surface area contributed by atoms with E-state index in [0.29, 0.717) is 37.6 Å². The number of ether oxygens (including phenoxy) is 2. The first-order valence-electron chi connectivity index (χ1n) is 10.4. The number of carbonyl (C=O) groups is 2. The van der Waals surface area contributed by atoms with Crippen LogP contribution in [0.3, 0.4) is 0 Å². The Hall–Kier alpha value is -2.70. The van der Waals surface area contributed by atoms with Crippen LogP contribution >= 0.6 is 0 Å². The highest BCUT2D eigenvalue weighted by Gasteiger charge is 2.54. The van der Waals surface area contributed by atoms with E-state index in [1.807, 2.05) is 4.90 Å². The fraction of sp³-hybridized carbons (Fsp3) is 0.571. The van der Waals surface area contributed by atoms with Crippen LogP contribution in [0.5, 0.6) is 0 Å². The molecule has 1 atom stereocenters. The van der Waals surface area contributed by atoms with E-state index in [2.05, 4.69) is 5.10 Å². The van der Waals surface area contributed by atoms with E-state index in [-0.39, 0.29) is 15.7 Å². The fourth-order valence-electron chi connectivity index (χ4n) is 3.76. The van der Waals surface area contributed by atoms with Crippen molar-refractivity contribution >= 4 is 33.2 Å². The third-order valence-electron chi connectivity index (χ3n) is 5.40. The molecule has 2 amide bonds. The zero-order valence-corrected chi connectivity index (χ0v) is 20.5. The summed E-state index contributed by atoms with van der Waals surface area (Å²) >= 11 is 0. The molecule has 182 valence electrons. The number of morpholine rings is 1. The summed E-state index contributed by atoms with van der Waals surface area (Å²) in [7, 11) is -2.15. The van der Waals surface area contributed by atoms with E-state index in [0.717, 1.165) is 11.3 Å². The largest absolute Gasteiger partial charge is 0.442 e. The van der Waals surface area contributed by atoms with E-state index in [1.165, 1.54) is 26.1 Å². The average Bonchev–Trinajstić information content (AvgIpc) is 2.96. The summed E-state index contributed by atoms with van der Waals surface area (Å²) in [5.41, 5.74) is -1.89. The molecule has 1 aromatic carbocycles. The molecule has 0 bridgehead atoms. The highest BCUT2D eigenvalue weighted by Crippen LogP contribution is 2.34. The van der Waals surface area contributed by atoms with Crippen LogP contribution in [0.15, 0.2) is 28.2 Å². The topological polar surface area (TPSA) is 129 Å². The Kier molecular flexibility index (Phi) is 6.48. The molecule has 0 saturated carbocycles. The van der Waals surface area contributed by atoms with E-state index in [1.54, 1.807) is 26.8 Å². The Bertz CT molecular complexity index is 1090. The van der Waals surface area contributed by atoms with Crippen molar-refractivity contribution in [3.8, 4) is 0 Å². The van der Waals surface area contributed by atoms with Gasteiger partial charge < -0.3 is 14.4 Å². The summed E-state index contributed by atoms with van der Waals surface area (Å²) in [6.45, 7) is 8.12. The molecule has 0 spiro atoms. The second kappa shape index (κ2) is 8.58. The predicted molar refractivity (Wildman–Crippen MR) is 120 cm³/mol. The van der Waals surface area contributed by atoms with Gasteiger partial charge in [0.15, 0.2) is 15.4 Å². The Labute approximate surface area is 193 Å². The van der Waals surface area contributed by atoms with Gasteiger partial charge in [-0.15, -0.1) is 0 Å². The van der Waals surface area contributed by atoms with Crippen molar-refractivity contribution in [3.05, 3.63) is 23.8 Å². The second-order valence-electron chi connectivity index (χ2n) is 9.20. The SMILES string of the molecule is CN1N=C(c2ccc(S(C)(=O)=O)c(N3CCOCC3)c2)C(C)(N(O)C(=O)OC(C)(C)C)C1=O. The van der Waals surface area contributed by atoms with Gasteiger partial charge in [-0.25, -0.2) is 18.2 Å². The van der Waals surface area contributed by atoms with Gasteiger partial charge in [-0.05, 0) is 39.8 Å². The van der Waals surface area contributed by atoms with Crippen molar-refractivity contribution in [1.29, 1.82) is 0 Å². The summed E-state index contributed by atoms with van der Waals surface area (Å²) in [6, 6.07) is 4.55. The molecule has 1 aromatic rings. The smallest absolute Gasteiger partial charge is 0.435 e. The van der Waals surface area contributed by atoms with Gasteiger partial charge in [-0.3, -0.25) is 10.0 Å². The maximum atomic E-state index is 13.0. The Morgan fingerprint density at radius 3 is 2.42 bits per heavy atom. The van der Waals surface area contributed by atoms with Gasteiger partial charge in [-0.2, -0.15) is 10.2 Å². The van der Waals surface area contributed by atoms with Gasteiger partial charge in [-0.1, -0.05) is 6.07 Å². The van der Waals surface area contributed by atoms with Gasteiger partial charge in [0.2, 0.25) is 0 Å². The number of hydrogen-bond acceptors (Lipinski definition) is 9. The van der Waals surface area contributed by atoms with E-state index < -0.39 is 33.0 Å². The molecule has 1 saturated heterocycles. The monoisotopic (exact) mass is 482 g/mol. The van der Waals surface area contributed by atoms with E-state index >= 15 is 0 Å². The molecular formula is C21H30N4O7S. The minimum atomic E-state index is -3.56. The number of likely N-dealkylation sites (N-methyl/N-ethyl adjacent to an activating group) is 1. The molecule has 1 unspecified atom stereocenters. The van der Waals surface area contributed by atoms with Crippen molar-refractivity contribution < 1.29 is 32.7 Å². The van der Waals surface area contributed by atoms with Crippen LogP contribution in [0.25, 0.3) is 0 Å². The molecule has 33 heavy (non-hydrogen) atoms. The first kappa shape index (κ1) is 24.9. The summed E-state index contributed by atoms with van der Waals surface area (Å²) in [5, 5.41) is 16.3. The molecule has 3 rings (SSSR count). The van der Waals surface area contributed by atoms with Crippen molar-refractivity contribution in [1.82, 2.24) is 10.1 Å². The van der Waals surface area contributed by atoms with E-state index in [9.17, 15) is 23.2 Å². The standard InChI is InChI=1S/C21H30N4O7S/c1-20(2,3)32-19(27)25(28)21(4)17(22-23(5)18(21)26)14-7-8-16(33(6,29)30)15(13-14)24-9-11-31-12-10-24/h7-8,13,28H,9-12H2,1-6H3. The molecule has 1 fully saturated rings. The molecule has 0 aromatic heterocycles. The Morgan fingerprint density at radius 2 is 1.88 bits per heavy atom. The van der Waals surface area contributed by atoms with Crippen molar-refractivity contribution in [2.45, 2.75) is 43.7 Å². The molecule has 2 aliphatic heterocycles. The van der Waals surface area contributed by atoms with E-state index in [4.69, 9.17) is 9.47 Å². The summed E-state index contributed by atoms with van der Waals surface area (Å²) in [4.78, 5) is 27.6. The van der Waals surface area contributed by atoms with Crippen molar-refractivity contribution in [2.24, 2.45) is 5.10 Å². The number of sulfone groups is 1. The maximum Gasteiger partial charge on any atom is 0.435 e. The normalized spacial score (nSPS) is 21.8. The number of rotatable bonds is 4. The lowest BCUT2D eigenvalue weighted by molar-refractivity contribution is -0.161. The zero-order chi connectivity index (χ0) is 24.8. The molecule has 2 heterocycles. The lowest BCUT2D eigenvalue weighted by atomic mass is 9.89. The lowest BCUT2D eigenvalue weighted by Gasteiger charge is -2.34. The summed E-state index contributed by atoms with van der Waals surface area (Å²) in [6.07, 6.45) is 0.0146. The van der Waals surface area contributed by atoms with Gasteiger partial charge in [0.1, 0.15) is 11.3 Å². The number of carbonyl (C=O) groups excluding carboxylic acids is 2. The zero-order valence-electron chi connectivity index (χ0n) is 19.7. The first-order valence-corrected chi connectivity index (χ1v) is 12.3. The Morgan fingerprint density at radius 1 is 1.27 bits per heavy atom.